The van der Waals surface area contributed by atoms with Crippen molar-refractivity contribution in [1.82, 2.24) is 13.7 Å². The quantitative estimate of drug-likeness (QED) is 0.416. The topological polar surface area (TPSA) is 71.3 Å². The van der Waals surface area contributed by atoms with Crippen molar-refractivity contribution in [3.8, 4) is 22.7 Å². The summed E-state index contributed by atoms with van der Waals surface area (Å²) in [6, 6.07) is 21.2. The van der Waals surface area contributed by atoms with E-state index in [1.807, 2.05) is 78.2 Å². The van der Waals surface area contributed by atoms with Crippen LogP contribution in [0.25, 0.3) is 27.8 Å². The molecule has 3 aromatic heterocycles. The molecule has 164 valence electrons. The van der Waals surface area contributed by atoms with Crippen LogP contribution in [-0.2, 0) is 14.1 Å². The Morgan fingerprint density at radius 2 is 1.58 bits per heavy atom. The van der Waals surface area contributed by atoms with Gasteiger partial charge in [-0.1, -0.05) is 42.5 Å². The summed E-state index contributed by atoms with van der Waals surface area (Å²) in [6.45, 7) is 1.87. The summed E-state index contributed by atoms with van der Waals surface area (Å²) in [7, 11) is 3.19. The SMILES string of the molecule is Cc1ccc(C2Oc3ccccc3-n3c(-c4ccccc4)c4c(=O)n(C)c(=O)n(C)c4c32)o1. The minimum atomic E-state index is -0.633. The van der Waals surface area contributed by atoms with Crippen molar-refractivity contribution in [1.29, 1.82) is 0 Å². The molecule has 0 fully saturated rings. The molecule has 2 aromatic carbocycles. The third-order valence-corrected chi connectivity index (χ3v) is 6.27. The molecule has 0 saturated heterocycles. The molecule has 1 unspecified atom stereocenters. The molecular weight excluding hydrogens is 418 g/mol. The smallest absolute Gasteiger partial charge is 0.331 e. The molecule has 1 atom stereocenters. The molecule has 0 aliphatic carbocycles. The standard InChI is InChI=1S/C26H21N3O4/c1-15-13-14-19(32-15)24-23-22-20(25(30)28(3)26(31)27(22)2)21(16-9-5-4-6-10-16)29(23)17-11-7-8-12-18(17)33-24/h4-14,24H,1-3H3. The Hall–Kier alpha value is -4.26. The molecule has 4 heterocycles. The fourth-order valence-corrected chi connectivity index (χ4v) is 4.77. The zero-order valence-corrected chi connectivity index (χ0v) is 18.4. The van der Waals surface area contributed by atoms with E-state index in [0.29, 0.717) is 28.1 Å². The van der Waals surface area contributed by atoms with Crippen LogP contribution in [0.15, 0.2) is 80.7 Å². The molecule has 7 heteroatoms. The predicted molar refractivity (Wildman–Crippen MR) is 125 cm³/mol. The van der Waals surface area contributed by atoms with Crippen molar-refractivity contribution < 1.29 is 9.15 Å². The molecule has 7 nitrogen and oxygen atoms in total. The van der Waals surface area contributed by atoms with Gasteiger partial charge in [-0.05, 0) is 36.8 Å². The predicted octanol–water partition coefficient (Wildman–Crippen LogP) is 4.08. The number of para-hydroxylation sites is 2. The summed E-state index contributed by atoms with van der Waals surface area (Å²) in [6.07, 6.45) is -0.633. The maximum atomic E-state index is 13.5. The molecule has 0 saturated carbocycles. The number of rotatable bonds is 2. The van der Waals surface area contributed by atoms with Crippen LogP contribution in [0.5, 0.6) is 5.75 Å². The maximum Gasteiger partial charge on any atom is 0.331 e. The van der Waals surface area contributed by atoms with Crippen molar-refractivity contribution in [2.75, 3.05) is 0 Å². The lowest BCUT2D eigenvalue weighted by atomic mass is 10.1. The molecule has 0 spiro atoms. The van der Waals surface area contributed by atoms with Crippen LogP contribution in [0.2, 0.25) is 0 Å². The minimum Gasteiger partial charge on any atom is -0.474 e. The first-order chi connectivity index (χ1) is 16.0. The molecule has 5 aromatic rings. The number of aromatic nitrogens is 3. The summed E-state index contributed by atoms with van der Waals surface area (Å²) in [5, 5.41) is 0.467. The van der Waals surface area contributed by atoms with E-state index in [1.54, 1.807) is 7.05 Å². The number of aryl methyl sites for hydroxylation is 2. The van der Waals surface area contributed by atoms with Gasteiger partial charge < -0.3 is 13.7 Å². The van der Waals surface area contributed by atoms with Crippen molar-refractivity contribution in [2.45, 2.75) is 13.0 Å². The second kappa shape index (κ2) is 6.87. The zero-order valence-electron chi connectivity index (χ0n) is 18.4. The summed E-state index contributed by atoms with van der Waals surface area (Å²) < 4.78 is 17.1. The summed E-state index contributed by atoms with van der Waals surface area (Å²) >= 11 is 0. The van der Waals surface area contributed by atoms with Gasteiger partial charge in [0, 0.05) is 14.1 Å². The minimum absolute atomic E-state index is 0.347. The van der Waals surface area contributed by atoms with Crippen LogP contribution in [0.1, 0.15) is 23.3 Å². The summed E-state index contributed by atoms with van der Waals surface area (Å²) in [5.41, 5.74) is 2.88. The van der Waals surface area contributed by atoms with Crippen LogP contribution in [0, 0.1) is 6.92 Å². The first kappa shape index (κ1) is 19.4. The monoisotopic (exact) mass is 439 g/mol. The number of ether oxygens (including phenoxy) is 1. The van der Waals surface area contributed by atoms with Crippen LogP contribution in [0.4, 0.5) is 0 Å². The van der Waals surface area contributed by atoms with E-state index >= 15 is 0 Å². The Morgan fingerprint density at radius 3 is 2.30 bits per heavy atom. The first-order valence-electron chi connectivity index (χ1n) is 10.7. The van der Waals surface area contributed by atoms with Crippen LogP contribution < -0.4 is 16.0 Å². The number of nitrogens with zero attached hydrogens (tertiary/aromatic N) is 3. The molecule has 0 N–H and O–H groups in total. The van der Waals surface area contributed by atoms with Gasteiger partial charge in [0.25, 0.3) is 5.56 Å². The Kier molecular flexibility index (Phi) is 4.04. The third-order valence-electron chi connectivity index (χ3n) is 6.27. The van der Waals surface area contributed by atoms with E-state index in [-0.39, 0.29) is 5.56 Å². The number of hydrogen-bond donors (Lipinski definition) is 0. The normalized spacial score (nSPS) is 14.7. The molecular formula is C26H21N3O4. The van der Waals surface area contributed by atoms with E-state index in [0.717, 1.165) is 27.3 Å². The number of fused-ring (bicyclic) bond motifs is 5. The van der Waals surface area contributed by atoms with E-state index < -0.39 is 11.8 Å². The lowest BCUT2D eigenvalue weighted by Crippen LogP contribution is -2.37. The summed E-state index contributed by atoms with van der Waals surface area (Å²) in [4.78, 5) is 26.5. The van der Waals surface area contributed by atoms with Gasteiger partial charge in [-0.2, -0.15) is 0 Å². The molecule has 1 aliphatic heterocycles. The average molecular weight is 439 g/mol. The fourth-order valence-electron chi connectivity index (χ4n) is 4.77. The number of furan rings is 1. The summed E-state index contributed by atoms with van der Waals surface area (Å²) in [5.74, 6) is 2.03. The molecule has 6 rings (SSSR count). The highest BCUT2D eigenvalue weighted by Gasteiger charge is 2.37. The lowest BCUT2D eigenvalue weighted by Gasteiger charge is -2.28. The first-order valence-corrected chi connectivity index (χ1v) is 10.7. The molecule has 0 radical (unpaired) electrons. The highest BCUT2D eigenvalue weighted by molar-refractivity contribution is 5.98. The molecule has 0 bridgehead atoms. The fraction of sp³-hybridized carbons (Fsp3) is 0.154. The number of hydrogen-bond acceptors (Lipinski definition) is 4. The highest BCUT2D eigenvalue weighted by Crippen LogP contribution is 2.46. The Labute approximate surface area is 188 Å². The molecule has 33 heavy (non-hydrogen) atoms. The Balaban J connectivity index is 1.88. The second-order valence-corrected chi connectivity index (χ2v) is 8.28. The van der Waals surface area contributed by atoms with Gasteiger partial charge >= 0.3 is 5.69 Å². The molecule has 1 aliphatic rings. The maximum absolute atomic E-state index is 13.5. The largest absolute Gasteiger partial charge is 0.474 e. The number of benzene rings is 2. The molecule has 0 amide bonds. The van der Waals surface area contributed by atoms with Crippen molar-refractivity contribution >= 4 is 10.9 Å². The Bertz CT molecular complexity index is 1670. The van der Waals surface area contributed by atoms with Crippen LogP contribution in [-0.4, -0.2) is 13.7 Å². The second-order valence-electron chi connectivity index (χ2n) is 8.28. The third kappa shape index (κ3) is 2.62. The van der Waals surface area contributed by atoms with Gasteiger partial charge in [-0.15, -0.1) is 0 Å². The lowest BCUT2D eigenvalue weighted by molar-refractivity contribution is 0.197. The van der Waals surface area contributed by atoms with E-state index in [2.05, 4.69) is 0 Å². The Morgan fingerprint density at radius 1 is 0.848 bits per heavy atom. The van der Waals surface area contributed by atoms with Gasteiger partial charge in [0.2, 0.25) is 0 Å². The van der Waals surface area contributed by atoms with Gasteiger partial charge in [0.05, 0.1) is 28.0 Å². The van der Waals surface area contributed by atoms with Gasteiger partial charge in [0.15, 0.2) is 11.9 Å². The van der Waals surface area contributed by atoms with Gasteiger partial charge in [-0.25, -0.2) is 4.79 Å². The highest BCUT2D eigenvalue weighted by atomic mass is 16.5. The van der Waals surface area contributed by atoms with E-state index in [4.69, 9.17) is 9.15 Å². The van der Waals surface area contributed by atoms with Crippen LogP contribution in [0.3, 0.4) is 0 Å². The van der Waals surface area contributed by atoms with Crippen molar-refractivity contribution in [2.24, 2.45) is 14.1 Å². The van der Waals surface area contributed by atoms with Crippen molar-refractivity contribution in [3.63, 3.8) is 0 Å². The average Bonchev–Trinajstić information content (AvgIpc) is 3.43. The van der Waals surface area contributed by atoms with Gasteiger partial charge in [0.1, 0.15) is 11.5 Å². The van der Waals surface area contributed by atoms with Gasteiger partial charge in [-0.3, -0.25) is 13.9 Å². The van der Waals surface area contributed by atoms with E-state index in [1.165, 1.54) is 11.6 Å². The van der Waals surface area contributed by atoms with Crippen LogP contribution >= 0.6 is 0 Å². The van der Waals surface area contributed by atoms with Crippen molar-refractivity contribution in [3.05, 3.63) is 105 Å². The zero-order chi connectivity index (χ0) is 22.9. The van der Waals surface area contributed by atoms with E-state index in [9.17, 15) is 9.59 Å².